The van der Waals surface area contributed by atoms with E-state index >= 15 is 0 Å². The molecule has 0 N–H and O–H groups in total. The van der Waals surface area contributed by atoms with Crippen LogP contribution in [0, 0.1) is 0 Å². The van der Waals surface area contributed by atoms with Gasteiger partial charge >= 0.3 is 5.97 Å². The van der Waals surface area contributed by atoms with Crippen LogP contribution in [0.1, 0.15) is 19.4 Å². The van der Waals surface area contributed by atoms with E-state index < -0.39 is 5.97 Å². The SMILES string of the molecule is CCN1C(=O)/C(=C\c2ccc(Cl)cc2Cl)C(C(=O)OC)=C1C. The lowest BCUT2D eigenvalue weighted by Crippen LogP contribution is -2.24. The normalized spacial score (nSPS) is 16.7. The first-order chi connectivity index (χ1) is 10.4. The van der Waals surface area contributed by atoms with Gasteiger partial charge in [-0.2, -0.15) is 0 Å². The number of halogens is 2. The quantitative estimate of drug-likeness (QED) is 0.623. The number of nitrogens with zero attached hydrogens (tertiary/aromatic N) is 1. The van der Waals surface area contributed by atoms with E-state index in [1.165, 1.54) is 12.0 Å². The second-order valence-corrected chi connectivity index (χ2v) is 5.57. The summed E-state index contributed by atoms with van der Waals surface area (Å²) < 4.78 is 4.79. The van der Waals surface area contributed by atoms with Crippen molar-refractivity contribution in [1.82, 2.24) is 4.90 Å². The molecule has 0 aliphatic carbocycles. The zero-order chi connectivity index (χ0) is 16.4. The summed E-state index contributed by atoms with van der Waals surface area (Å²) >= 11 is 12.0. The van der Waals surface area contributed by atoms with Crippen LogP contribution in [0.4, 0.5) is 0 Å². The maximum atomic E-state index is 12.5. The molecule has 2 rings (SSSR count). The lowest BCUT2D eigenvalue weighted by molar-refractivity contribution is -0.136. The summed E-state index contributed by atoms with van der Waals surface area (Å²) in [5, 5.41) is 0.907. The molecule has 116 valence electrons. The van der Waals surface area contributed by atoms with E-state index in [2.05, 4.69) is 0 Å². The van der Waals surface area contributed by atoms with Gasteiger partial charge in [0.1, 0.15) is 0 Å². The summed E-state index contributed by atoms with van der Waals surface area (Å²) in [6.07, 6.45) is 1.59. The first kappa shape index (κ1) is 16.6. The highest BCUT2D eigenvalue weighted by atomic mass is 35.5. The minimum absolute atomic E-state index is 0.244. The first-order valence-corrected chi connectivity index (χ1v) is 7.44. The smallest absolute Gasteiger partial charge is 0.340 e. The van der Waals surface area contributed by atoms with Crippen LogP contribution in [0.25, 0.3) is 6.08 Å². The number of esters is 1. The molecule has 0 unspecified atom stereocenters. The molecule has 1 aliphatic rings. The predicted molar refractivity (Wildman–Crippen MR) is 86.5 cm³/mol. The molecular weight excluding hydrogens is 325 g/mol. The van der Waals surface area contributed by atoms with Crippen molar-refractivity contribution in [3.05, 3.63) is 50.7 Å². The average Bonchev–Trinajstić information content (AvgIpc) is 2.71. The Morgan fingerprint density at radius 2 is 2.05 bits per heavy atom. The molecule has 0 aromatic heterocycles. The topological polar surface area (TPSA) is 46.6 Å². The van der Waals surface area contributed by atoms with Crippen molar-refractivity contribution in [2.45, 2.75) is 13.8 Å². The van der Waals surface area contributed by atoms with Gasteiger partial charge in [-0.15, -0.1) is 0 Å². The number of carbonyl (C=O) groups excluding carboxylic acids is 2. The lowest BCUT2D eigenvalue weighted by atomic mass is 10.0. The standard InChI is InChI=1S/C16H15Cl2NO3/c1-4-19-9(2)14(16(21)22-3)12(15(19)20)7-10-5-6-11(17)8-13(10)18/h5-8H,4H2,1-3H3/b12-7-. The van der Waals surface area contributed by atoms with Gasteiger partial charge in [-0.1, -0.05) is 29.3 Å². The fourth-order valence-electron chi connectivity index (χ4n) is 2.38. The Hall–Kier alpha value is -1.78. The molecule has 0 spiro atoms. The highest BCUT2D eigenvalue weighted by molar-refractivity contribution is 6.35. The van der Waals surface area contributed by atoms with Crippen molar-refractivity contribution >= 4 is 41.2 Å². The molecule has 0 bridgehead atoms. The third kappa shape index (κ3) is 2.89. The summed E-state index contributed by atoms with van der Waals surface area (Å²) in [5.41, 5.74) is 1.73. The molecule has 1 aromatic carbocycles. The summed E-state index contributed by atoms with van der Waals surface area (Å²) in [6, 6.07) is 4.95. The Kier molecular flexibility index (Phi) is 4.94. The minimum Gasteiger partial charge on any atom is -0.465 e. The van der Waals surface area contributed by atoms with Crippen molar-refractivity contribution in [1.29, 1.82) is 0 Å². The fourth-order valence-corrected chi connectivity index (χ4v) is 2.85. The summed E-state index contributed by atoms with van der Waals surface area (Å²) in [7, 11) is 1.29. The third-order valence-corrected chi connectivity index (χ3v) is 4.04. The van der Waals surface area contributed by atoms with Gasteiger partial charge in [0.15, 0.2) is 0 Å². The summed E-state index contributed by atoms with van der Waals surface area (Å²) in [4.78, 5) is 26.0. The molecule has 0 saturated heterocycles. The third-order valence-electron chi connectivity index (χ3n) is 3.48. The van der Waals surface area contributed by atoms with Crippen molar-refractivity contribution in [2.24, 2.45) is 0 Å². The molecule has 1 amide bonds. The highest BCUT2D eigenvalue weighted by Crippen LogP contribution is 2.33. The Bertz CT molecular complexity index is 707. The van der Waals surface area contributed by atoms with Crippen LogP contribution < -0.4 is 0 Å². The number of allylic oxidation sites excluding steroid dienone is 1. The van der Waals surface area contributed by atoms with Crippen LogP contribution >= 0.6 is 23.2 Å². The number of carbonyl (C=O) groups is 2. The van der Waals surface area contributed by atoms with Gasteiger partial charge in [-0.3, -0.25) is 4.79 Å². The minimum atomic E-state index is -0.543. The number of rotatable bonds is 3. The predicted octanol–water partition coefficient (Wildman–Crippen LogP) is 3.69. The van der Waals surface area contributed by atoms with E-state index in [1.807, 2.05) is 6.92 Å². The number of ether oxygens (including phenoxy) is 1. The van der Waals surface area contributed by atoms with E-state index in [0.717, 1.165) is 0 Å². The summed E-state index contributed by atoms with van der Waals surface area (Å²) in [5.74, 6) is -0.787. The Balaban J connectivity index is 2.58. The number of benzene rings is 1. The number of hydrogen-bond donors (Lipinski definition) is 0. The van der Waals surface area contributed by atoms with Gasteiger partial charge in [0, 0.05) is 22.3 Å². The van der Waals surface area contributed by atoms with Crippen LogP contribution in [0.5, 0.6) is 0 Å². The monoisotopic (exact) mass is 339 g/mol. The molecule has 0 saturated carbocycles. The van der Waals surface area contributed by atoms with E-state index in [9.17, 15) is 9.59 Å². The lowest BCUT2D eigenvalue weighted by Gasteiger charge is -2.14. The Morgan fingerprint density at radius 1 is 1.36 bits per heavy atom. The van der Waals surface area contributed by atoms with Crippen molar-refractivity contribution in [3.63, 3.8) is 0 Å². The fraction of sp³-hybridized carbons (Fsp3) is 0.250. The zero-order valence-electron chi connectivity index (χ0n) is 12.4. The first-order valence-electron chi connectivity index (χ1n) is 6.68. The number of hydrogen-bond acceptors (Lipinski definition) is 3. The van der Waals surface area contributed by atoms with Crippen LogP contribution in [0.2, 0.25) is 10.0 Å². The molecule has 0 fully saturated rings. The van der Waals surface area contributed by atoms with Gasteiger partial charge in [0.05, 0.1) is 18.3 Å². The van der Waals surface area contributed by atoms with Gasteiger partial charge in [0.2, 0.25) is 0 Å². The van der Waals surface area contributed by atoms with E-state index in [1.54, 1.807) is 31.2 Å². The number of amides is 1. The van der Waals surface area contributed by atoms with E-state index in [0.29, 0.717) is 27.9 Å². The molecule has 4 nitrogen and oxygen atoms in total. The molecule has 0 atom stereocenters. The maximum Gasteiger partial charge on any atom is 0.340 e. The van der Waals surface area contributed by atoms with Crippen molar-refractivity contribution < 1.29 is 14.3 Å². The van der Waals surface area contributed by atoms with Crippen molar-refractivity contribution in [2.75, 3.05) is 13.7 Å². The largest absolute Gasteiger partial charge is 0.465 e. The van der Waals surface area contributed by atoms with Crippen molar-refractivity contribution in [3.8, 4) is 0 Å². The van der Waals surface area contributed by atoms with E-state index in [-0.39, 0.29) is 17.1 Å². The molecule has 22 heavy (non-hydrogen) atoms. The molecule has 1 heterocycles. The van der Waals surface area contributed by atoms with Gasteiger partial charge in [0.25, 0.3) is 5.91 Å². The molecule has 0 radical (unpaired) electrons. The van der Waals surface area contributed by atoms with Crippen LogP contribution in [-0.2, 0) is 14.3 Å². The molecular formula is C16H15Cl2NO3. The second-order valence-electron chi connectivity index (χ2n) is 4.73. The molecule has 6 heteroatoms. The molecule has 1 aliphatic heterocycles. The highest BCUT2D eigenvalue weighted by Gasteiger charge is 2.36. The Labute approximate surface area is 138 Å². The summed E-state index contributed by atoms with van der Waals surface area (Å²) in [6.45, 7) is 4.03. The Morgan fingerprint density at radius 3 is 2.59 bits per heavy atom. The van der Waals surface area contributed by atoms with Gasteiger partial charge in [-0.05, 0) is 37.6 Å². The van der Waals surface area contributed by atoms with Crippen LogP contribution in [-0.4, -0.2) is 30.4 Å². The number of methoxy groups -OCH3 is 1. The van der Waals surface area contributed by atoms with E-state index in [4.69, 9.17) is 27.9 Å². The average molecular weight is 340 g/mol. The second kappa shape index (κ2) is 6.55. The van der Waals surface area contributed by atoms with Gasteiger partial charge in [-0.25, -0.2) is 4.79 Å². The van der Waals surface area contributed by atoms with Gasteiger partial charge < -0.3 is 9.64 Å². The molecule has 1 aromatic rings. The maximum absolute atomic E-state index is 12.5. The zero-order valence-corrected chi connectivity index (χ0v) is 14.0. The van der Waals surface area contributed by atoms with Crippen LogP contribution in [0.15, 0.2) is 35.0 Å². The van der Waals surface area contributed by atoms with Crippen LogP contribution in [0.3, 0.4) is 0 Å². The number of likely N-dealkylation sites (N-methyl/N-ethyl adjacent to an activating group) is 1.